The van der Waals surface area contributed by atoms with Crippen LogP contribution in [-0.4, -0.2) is 55.1 Å². The zero-order valence-electron chi connectivity index (χ0n) is 12.2. The van der Waals surface area contributed by atoms with E-state index >= 15 is 0 Å². The average Bonchev–Trinajstić information content (AvgIpc) is 2.87. The van der Waals surface area contributed by atoms with E-state index in [4.69, 9.17) is 4.74 Å². The third-order valence-corrected chi connectivity index (χ3v) is 3.85. The van der Waals surface area contributed by atoms with Gasteiger partial charge in [0, 0.05) is 43.4 Å². The normalized spacial score (nSPS) is 19.5. The topological polar surface area (TPSA) is 58.9 Å². The largest absolute Gasteiger partial charge is 0.496 e. The van der Waals surface area contributed by atoms with E-state index in [0.717, 1.165) is 25.1 Å². The summed E-state index contributed by atoms with van der Waals surface area (Å²) in [5.41, 5.74) is 0.991. The van der Waals surface area contributed by atoms with Gasteiger partial charge in [-0.15, -0.1) is 0 Å². The highest BCUT2D eigenvalue weighted by Gasteiger charge is 2.25. The quantitative estimate of drug-likeness (QED) is 0.607. The van der Waals surface area contributed by atoms with Crippen LogP contribution in [0.2, 0.25) is 0 Å². The molecule has 1 aliphatic heterocycles. The molecule has 1 aromatic carbocycles. The Morgan fingerprint density at radius 1 is 1.50 bits per heavy atom. The van der Waals surface area contributed by atoms with Crippen LogP contribution in [0.3, 0.4) is 0 Å². The summed E-state index contributed by atoms with van der Waals surface area (Å²) in [4.78, 5) is 15.0. The molecule has 6 nitrogen and oxygen atoms in total. The molecular weight excluding hydrogens is 258 g/mol. The Labute approximate surface area is 119 Å². The molecule has 1 atom stereocenters. The molecule has 6 heteroatoms. The predicted octanol–water partition coefficient (Wildman–Crippen LogP) is 1.74. The summed E-state index contributed by atoms with van der Waals surface area (Å²) in [7, 11) is 5.77. The fourth-order valence-corrected chi connectivity index (χ4v) is 2.62. The number of nitrogens with zero attached hydrogens (tertiary/aromatic N) is 3. The smallest absolute Gasteiger partial charge is 0.270 e. The van der Waals surface area contributed by atoms with Gasteiger partial charge < -0.3 is 9.64 Å². The lowest BCUT2D eigenvalue weighted by Crippen LogP contribution is -2.31. The molecule has 1 saturated heterocycles. The van der Waals surface area contributed by atoms with Gasteiger partial charge in [0.05, 0.1) is 12.0 Å². The van der Waals surface area contributed by atoms with Crippen LogP contribution in [0.5, 0.6) is 5.75 Å². The molecule has 0 amide bonds. The summed E-state index contributed by atoms with van der Waals surface area (Å²) in [5.74, 6) is 0.712. The number of likely N-dealkylation sites (N-methyl/N-ethyl adjacent to an activating group) is 1. The molecule has 0 spiro atoms. The summed E-state index contributed by atoms with van der Waals surface area (Å²) in [6, 6.07) is 5.32. The SMILES string of the molecule is COc1ccc([N+](=O)[O-])cc1CN1CCC(N(C)C)C1. The zero-order valence-corrected chi connectivity index (χ0v) is 12.2. The number of nitro groups is 1. The van der Waals surface area contributed by atoms with Gasteiger partial charge in [0.1, 0.15) is 5.75 Å². The fraction of sp³-hybridized carbons (Fsp3) is 0.571. The molecule has 0 N–H and O–H groups in total. The van der Waals surface area contributed by atoms with E-state index in [-0.39, 0.29) is 10.6 Å². The van der Waals surface area contributed by atoms with Crippen molar-refractivity contribution in [2.75, 3.05) is 34.3 Å². The van der Waals surface area contributed by atoms with Gasteiger partial charge >= 0.3 is 0 Å². The van der Waals surface area contributed by atoms with Gasteiger partial charge in [0.25, 0.3) is 5.69 Å². The maximum absolute atomic E-state index is 10.9. The first kappa shape index (κ1) is 14.7. The lowest BCUT2D eigenvalue weighted by molar-refractivity contribution is -0.384. The molecule has 110 valence electrons. The maximum atomic E-state index is 10.9. The number of hydrogen-bond acceptors (Lipinski definition) is 5. The van der Waals surface area contributed by atoms with E-state index < -0.39 is 0 Å². The van der Waals surface area contributed by atoms with Gasteiger partial charge in [-0.05, 0) is 26.6 Å². The number of likely N-dealkylation sites (tertiary alicyclic amines) is 1. The van der Waals surface area contributed by atoms with E-state index in [1.807, 2.05) is 0 Å². The Kier molecular flexibility index (Phi) is 4.57. The van der Waals surface area contributed by atoms with Crippen LogP contribution in [0.4, 0.5) is 5.69 Å². The van der Waals surface area contributed by atoms with Crippen LogP contribution in [0.15, 0.2) is 18.2 Å². The monoisotopic (exact) mass is 279 g/mol. The van der Waals surface area contributed by atoms with E-state index in [1.54, 1.807) is 19.2 Å². The Morgan fingerprint density at radius 2 is 2.25 bits per heavy atom. The van der Waals surface area contributed by atoms with Gasteiger partial charge in [-0.3, -0.25) is 15.0 Å². The Morgan fingerprint density at radius 3 is 2.80 bits per heavy atom. The lowest BCUT2D eigenvalue weighted by atomic mass is 10.1. The second-order valence-electron chi connectivity index (χ2n) is 5.39. The van der Waals surface area contributed by atoms with Crippen molar-refractivity contribution in [1.82, 2.24) is 9.80 Å². The van der Waals surface area contributed by atoms with Crippen molar-refractivity contribution in [1.29, 1.82) is 0 Å². The number of hydrogen-bond donors (Lipinski definition) is 0. The van der Waals surface area contributed by atoms with Crippen LogP contribution in [0.25, 0.3) is 0 Å². The van der Waals surface area contributed by atoms with E-state index in [0.29, 0.717) is 18.3 Å². The van der Waals surface area contributed by atoms with Crippen LogP contribution in [0, 0.1) is 10.1 Å². The Bertz CT molecular complexity index is 491. The van der Waals surface area contributed by atoms with Crippen molar-refractivity contribution in [2.45, 2.75) is 19.0 Å². The minimum Gasteiger partial charge on any atom is -0.496 e. The van der Waals surface area contributed by atoms with Gasteiger partial charge in [0.15, 0.2) is 0 Å². The Balaban J connectivity index is 2.12. The highest BCUT2D eigenvalue weighted by molar-refractivity contribution is 5.43. The van der Waals surface area contributed by atoms with Crippen LogP contribution < -0.4 is 4.74 Å². The molecule has 0 aliphatic carbocycles. The van der Waals surface area contributed by atoms with E-state index in [1.165, 1.54) is 6.07 Å². The fourth-order valence-electron chi connectivity index (χ4n) is 2.62. The number of rotatable bonds is 5. The number of non-ortho nitro benzene ring substituents is 1. The van der Waals surface area contributed by atoms with Gasteiger partial charge in [0.2, 0.25) is 0 Å². The summed E-state index contributed by atoms with van der Waals surface area (Å²) in [6.45, 7) is 2.68. The molecule has 0 radical (unpaired) electrons. The molecule has 0 aromatic heterocycles. The Hall–Kier alpha value is -1.66. The van der Waals surface area contributed by atoms with Crippen molar-refractivity contribution >= 4 is 5.69 Å². The molecule has 1 fully saturated rings. The third-order valence-electron chi connectivity index (χ3n) is 3.85. The molecule has 1 aliphatic rings. The molecule has 1 unspecified atom stereocenters. The van der Waals surface area contributed by atoms with Crippen molar-refractivity contribution < 1.29 is 9.66 Å². The molecule has 1 aromatic rings. The molecular formula is C14H21N3O3. The second-order valence-corrected chi connectivity index (χ2v) is 5.39. The van der Waals surface area contributed by atoms with Crippen LogP contribution in [0.1, 0.15) is 12.0 Å². The van der Waals surface area contributed by atoms with Crippen molar-refractivity contribution in [2.24, 2.45) is 0 Å². The lowest BCUT2D eigenvalue weighted by Gasteiger charge is -2.21. The van der Waals surface area contributed by atoms with Crippen molar-refractivity contribution in [3.8, 4) is 5.75 Å². The van der Waals surface area contributed by atoms with Crippen LogP contribution in [-0.2, 0) is 6.54 Å². The zero-order chi connectivity index (χ0) is 14.7. The minimum absolute atomic E-state index is 0.115. The maximum Gasteiger partial charge on any atom is 0.270 e. The summed E-state index contributed by atoms with van der Waals surface area (Å²) >= 11 is 0. The van der Waals surface area contributed by atoms with E-state index in [2.05, 4.69) is 23.9 Å². The standard InChI is InChI=1S/C14H21N3O3/c1-15(2)13-6-7-16(10-13)9-11-8-12(17(18)19)4-5-14(11)20-3/h4-5,8,13H,6-7,9-10H2,1-3H3. The molecule has 0 saturated carbocycles. The predicted molar refractivity (Wildman–Crippen MR) is 77.0 cm³/mol. The number of methoxy groups -OCH3 is 1. The number of ether oxygens (including phenoxy) is 1. The number of nitro benzene ring substituents is 1. The number of benzene rings is 1. The third kappa shape index (κ3) is 3.26. The van der Waals surface area contributed by atoms with Crippen molar-refractivity contribution in [3.63, 3.8) is 0 Å². The minimum atomic E-state index is -0.366. The first-order valence-electron chi connectivity index (χ1n) is 6.71. The van der Waals surface area contributed by atoms with Gasteiger partial charge in [-0.2, -0.15) is 0 Å². The molecule has 1 heterocycles. The summed E-state index contributed by atoms with van der Waals surface area (Å²) in [6.07, 6.45) is 1.13. The summed E-state index contributed by atoms with van der Waals surface area (Å²) in [5, 5.41) is 10.9. The van der Waals surface area contributed by atoms with Gasteiger partial charge in [-0.1, -0.05) is 0 Å². The van der Waals surface area contributed by atoms with E-state index in [9.17, 15) is 10.1 Å². The highest BCUT2D eigenvalue weighted by atomic mass is 16.6. The molecule has 20 heavy (non-hydrogen) atoms. The first-order valence-corrected chi connectivity index (χ1v) is 6.71. The van der Waals surface area contributed by atoms with Crippen LogP contribution >= 0.6 is 0 Å². The molecule has 2 rings (SSSR count). The summed E-state index contributed by atoms with van der Waals surface area (Å²) < 4.78 is 5.30. The highest BCUT2D eigenvalue weighted by Crippen LogP contribution is 2.26. The van der Waals surface area contributed by atoms with Gasteiger partial charge in [-0.25, -0.2) is 0 Å². The average molecular weight is 279 g/mol. The first-order chi connectivity index (χ1) is 9.51. The van der Waals surface area contributed by atoms with Crippen molar-refractivity contribution in [3.05, 3.63) is 33.9 Å². The molecule has 0 bridgehead atoms. The second kappa shape index (κ2) is 6.19.